The van der Waals surface area contributed by atoms with Crippen molar-refractivity contribution in [3.05, 3.63) is 0 Å². The molecule has 0 rings (SSSR count). The van der Waals surface area contributed by atoms with E-state index in [1.807, 2.05) is 6.92 Å². The molecule has 0 aliphatic rings. The Morgan fingerprint density at radius 2 is 1.34 bits per heavy atom. The van der Waals surface area contributed by atoms with Gasteiger partial charge in [0.1, 0.15) is 22.8 Å². The molecule has 0 aliphatic heterocycles. The summed E-state index contributed by atoms with van der Waals surface area (Å²) in [4.78, 5) is 57.2. The summed E-state index contributed by atoms with van der Waals surface area (Å²) in [6, 6.07) is -1.01. The molecule has 0 aromatic heterocycles. The number of rotatable bonds is 8. The maximum absolute atomic E-state index is 13.1. The third-order valence-corrected chi connectivity index (χ3v) is 4.32. The van der Waals surface area contributed by atoms with E-state index < -0.39 is 47.1 Å². The van der Waals surface area contributed by atoms with Crippen LogP contribution in [0.15, 0.2) is 4.99 Å². The topological polar surface area (TPSA) is 136 Å². The molecule has 0 heterocycles. The summed E-state index contributed by atoms with van der Waals surface area (Å²) in [5, 5.41) is 2.55. The molecule has 0 saturated heterocycles. The molecule has 1 atom stereocenters. The Kier molecular flexibility index (Phi) is 13.6. The number of guanidine groups is 1. The normalized spacial score (nSPS) is 13.2. The number of hydrogen-bond acceptors (Lipinski definition) is 9. The number of carbonyl (C=O) groups is 4. The van der Waals surface area contributed by atoms with Crippen molar-refractivity contribution in [3.63, 3.8) is 0 Å². The number of nitrogens with one attached hydrogen (secondary N) is 1. The Morgan fingerprint density at radius 3 is 1.79 bits per heavy atom. The number of hydrogen-bond donors (Lipinski definition) is 1. The zero-order chi connectivity index (χ0) is 29.9. The Morgan fingerprint density at radius 1 is 0.842 bits per heavy atom. The van der Waals surface area contributed by atoms with Gasteiger partial charge in [0.15, 0.2) is 0 Å². The van der Waals surface area contributed by atoms with Gasteiger partial charge in [-0.25, -0.2) is 24.1 Å². The van der Waals surface area contributed by atoms with Gasteiger partial charge in [0, 0.05) is 20.6 Å². The van der Waals surface area contributed by atoms with Crippen molar-refractivity contribution in [1.82, 2.24) is 15.1 Å². The van der Waals surface area contributed by atoms with Gasteiger partial charge in [-0.3, -0.25) is 9.89 Å². The van der Waals surface area contributed by atoms with Crippen LogP contribution in [0, 0.1) is 0 Å². The fraction of sp³-hybridized carbons (Fsp3) is 0.808. The van der Waals surface area contributed by atoms with Gasteiger partial charge in [0.2, 0.25) is 5.96 Å². The predicted octanol–water partition coefficient (Wildman–Crippen LogP) is 4.70. The molecule has 0 aliphatic carbocycles. The van der Waals surface area contributed by atoms with Crippen molar-refractivity contribution in [2.45, 2.75) is 111 Å². The lowest BCUT2D eigenvalue weighted by atomic mass is 10.1. The second-order valence-electron chi connectivity index (χ2n) is 11.7. The summed E-state index contributed by atoms with van der Waals surface area (Å²) in [5.74, 6) is -0.615. The molecule has 0 saturated carbocycles. The molecule has 38 heavy (non-hydrogen) atoms. The van der Waals surface area contributed by atoms with E-state index >= 15 is 0 Å². The Balaban J connectivity index is 5.83. The van der Waals surface area contributed by atoms with E-state index in [0.29, 0.717) is 6.42 Å². The molecule has 0 radical (unpaired) electrons. The monoisotopic (exact) mass is 544 g/mol. The minimum absolute atomic E-state index is 0.00119. The minimum atomic E-state index is -1.01. The van der Waals surface area contributed by atoms with Crippen LogP contribution in [0.5, 0.6) is 0 Å². The summed E-state index contributed by atoms with van der Waals surface area (Å²) in [6.45, 7) is 17.5. The van der Waals surface area contributed by atoms with Crippen LogP contribution in [0.4, 0.5) is 14.4 Å². The molecule has 0 fully saturated rings. The first-order valence-corrected chi connectivity index (χ1v) is 12.8. The molecular formula is C26H48N4O8. The quantitative estimate of drug-likeness (QED) is 0.201. The third kappa shape index (κ3) is 14.6. The van der Waals surface area contributed by atoms with E-state index in [1.165, 1.54) is 19.0 Å². The first-order valence-electron chi connectivity index (χ1n) is 12.8. The van der Waals surface area contributed by atoms with Crippen LogP contribution in [0.3, 0.4) is 0 Å². The molecule has 0 spiro atoms. The van der Waals surface area contributed by atoms with Crippen molar-refractivity contribution in [2.75, 3.05) is 27.2 Å². The minimum Gasteiger partial charge on any atom is -0.464 e. The van der Waals surface area contributed by atoms with E-state index in [2.05, 4.69) is 10.3 Å². The largest absolute Gasteiger partial charge is 0.464 e. The fourth-order valence-electron chi connectivity index (χ4n) is 2.91. The van der Waals surface area contributed by atoms with Gasteiger partial charge in [-0.2, -0.15) is 0 Å². The number of aliphatic imine (C=N–C) groups is 1. The van der Waals surface area contributed by atoms with Crippen LogP contribution >= 0.6 is 0 Å². The van der Waals surface area contributed by atoms with Crippen molar-refractivity contribution in [3.8, 4) is 0 Å². The number of ether oxygens (including phenoxy) is 4. The first kappa shape index (κ1) is 35.0. The average Bonchev–Trinajstić information content (AvgIpc) is 2.71. The lowest BCUT2D eigenvalue weighted by molar-refractivity contribution is -0.146. The number of carbonyl (C=O) groups excluding carboxylic acids is 4. The molecule has 220 valence electrons. The van der Waals surface area contributed by atoms with Crippen LogP contribution in [0.2, 0.25) is 0 Å². The molecule has 12 nitrogen and oxygen atoms in total. The lowest BCUT2D eigenvalue weighted by Gasteiger charge is -2.32. The molecule has 0 bridgehead atoms. The highest BCUT2D eigenvalue weighted by molar-refractivity contribution is 6.01. The highest BCUT2D eigenvalue weighted by Crippen LogP contribution is 2.16. The van der Waals surface area contributed by atoms with Gasteiger partial charge < -0.3 is 24.3 Å². The van der Waals surface area contributed by atoms with Crippen LogP contribution in [0.25, 0.3) is 0 Å². The summed E-state index contributed by atoms with van der Waals surface area (Å²) in [5.41, 5.74) is -2.34. The van der Waals surface area contributed by atoms with Crippen molar-refractivity contribution in [1.29, 1.82) is 0 Å². The molecule has 1 unspecified atom stereocenters. The maximum Gasteiger partial charge on any atom is 0.417 e. The number of amides is 3. The van der Waals surface area contributed by atoms with E-state index in [-0.39, 0.29) is 32.0 Å². The number of esters is 1. The van der Waals surface area contributed by atoms with Crippen LogP contribution < -0.4 is 5.32 Å². The van der Waals surface area contributed by atoms with E-state index in [9.17, 15) is 19.2 Å². The SMILES string of the molecule is CCCOC(=O)C(CCCN(C(=O)OC(C)(C)C)C(=NC)N(C)C(=O)OC(C)(C)C)NC(=O)OC(C)(C)C. The fourth-order valence-corrected chi connectivity index (χ4v) is 2.91. The Bertz CT molecular complexity index is 838. The highest BCUT2D eigenvalue weighted by Gasteiger charge is 2.32. The van der Waals surface area contributed by atoms with Gasteiger partial charge in [-0.15, -0.1) is 0 Å². The van der Waals surface area contributed by atoms with Crippen molar-refractivity contribution >= 4 is 30.2 Å². The lowest BCUT2D eigenvalue weighted by Crippen LogP contribution is -2.51. The van der Waals surface area contributed by atoms with Crippen molar-refractivity contribution < 1.29 is 38.1 Å². The molecular weight excluding hydrogens is 496 g/mol. The van der Waals surface area contributed by atoms with Gasteiger partial charge in [0.25, 0.3) is 0 Å². The van der Waals surface area contributed by atoms with E-state index in [1.54, 1.807) is 62.3 Å². The molecule has 0 aromatic rings. The Labute approximate surface area is 227 Å². The van der Waals surface area contributed by atoms with E-state index in [0.717, 1.165) is 4.90 Å². The number of alkyl carbamates (subject to hydrolysis) is 1. The highest BCUT2D eigenvalue weighted by atomic mass is 16.6. The third-order valence-electron chi connectivity index (χ3n) is 4.32. The van der Waals surface area contributed by atoms with Crippen molar-refractivity contribution in [2.24, 2.45) is 4.99 Å². The predicted molar refractivity (Wildman–Crippen MR) is 144 cm³/mol. The summed E-state index contributed by atoms with van der Waals surface area (Å²) in [7, 11) is 2.87. The van der Waals surface area contributed by atoms with Gasteiger partial charge in [-0.1, -0.05) is 6.92 Å². The van der Waals surface area contributed by atoms with E-state index in [4.69, 9.17) is 18.9 Å². The zero-order valence-electron chi connectivity index (χ0n) is 25.2. The second kappa shape index (κ2) is 14.8. The standard InChI is InChI=1S/C26H48N4O8/c1-13-17-35-19(31)18(28-21(32)36-24(2,3)4)15-14-16-30(23(34)38-26(8,9)10)20(27-11)29(12)22(33)37-25(5,6)7/h18H,13-17H2,1-12H3,(H,28,32). The van der Waals surface area contributed by atoms with Crippen LogP contribution in [-0.2, 0) is 23.7 Å². The maximum atomic E-state index is 13.1. The summed E-state index contributed by atoms with van der Waals surface area (Å²) < 4.78 is 21.5. The van der Waals surface area contributed by atoms with Crippen LogP contribution in [0.1, 0.15) is 88.5 Å². The molecule has 0 aromatic carbocycles. The zero-order valence-corrected chi connectivity index (χ0v) is 25.2. The molecule has 1 N–H and O–H groups in total. The van der Waals surface area contributed by atoms with Gasteiger partial charge >= 0.3 is 24.2 Å². The van der Waals surface area contributed by atoms with Gasteiger partial charge in [0.05, 0.1) is 6.61 Å². The average molecular weight is 545 g/mol. The smallest absolute Gasteiger partial charge is 0.417 e. The summed E-state index contributed by atoms with van der Waals surface area (Å²) in [6.07, 6.45) is -1.25. The van der Waals surface area contributed by atoms with Gasteiger partial charge in [-0.05, 0) is 81.6 Å². The second-order valence-corrected chi connectivity index (χ2v) is 11.7. The molecule has 12 heteroatoms. The number of nitrogens with zero attached hydrogens (tertiary/aromatic N) is 3. The van der Waals surface area contributed by atoms with Crippen LogP contribution in [-0.4, -0.2) is 90.1 Å². The molecule has 3 amide bonds. The Hall–Kier alpha value is -3.05. The first-order chi connectivity index (χ1) is 17.2. The summed E-state index contributed by atoms with van der Waals surface area (Å²) >= 11 is 0.